The predicted octanol–water partition coefficient (Wildman–Crippen LogP) is 4.66. The monoisotopic (exact) mass is 491 g/mol. The average molecular weight is 492 g/mol. The number of carbonyl (C=O) groups is 1. The van der Waals surface area contributed by atoms with Crippen molar-refractivity contribution < 1.29 is 19.4 Å². The summed E-state index contributed by atoms with van der Waals surface area (Å²) >= 11 is 6.17. The zero-order valence-corrected chi connectivity index (χ0v) is 20.1. The number of para-hydroxylation sites is 3. The Bertz CT molecular complexity index is 1360. The van der Waals surface area contributed by atoms with E-state index in [4.69, 9.17) is 26.1 Å². The molecule has 1 aliphatic heterocycles. The summed E-state index contributed by atoms with van der Waals surface area (Å²) in [4.78, 5) is 19.6. The number of amides is 1. The molecule has 1 fully saturated rings. The SMILES string of the molecule is COc1cccc(N2C[C@@H](c3nc4ccccc4n3C[C@@H](O)COc3ccccc3Cl)CC2=O)c1. The van der Waals surface area contributed by atoms with Crippen LogP contribution in [-0.2, 0) is 11.3 Å². The summed E-state index contributed by atoms with van der Waals surface area (Å²) in [5.41, 5.74) is 2.54. The zero-order chi connectivity index (χ0) is 24.4. The van der Waals surface area contributed by atoms with E-state index in [-0.39, 0.29) is 25.0 Å². The summed E-state index contributed by atoms with van der Waals surface area (Å²) in [6.45, 7) is 0.862. The largest absolute Gasteiger partial charge is 0.497 e. The average Bonchev–Trinajstić information content (AvgIpc) is 3.44. The van der Waals surface area contributed by atoms with Gasteiger partial charge in [-0.1, -0.05) is 41.9 Å². The molecule has 0 spiro atoms. The van der Waals surface area contributed by atoms with Gasteiger partial charge in [-0.05, 0) is 36.4 Å². The first-order chi connectivity index (χ1) is 17.0. The maximum atomic E-state index is 13.0. The Labute approximate surface area is 208 Å². The molecule has 0 unspecified atom stereocenters. The van der Waals surface area contributed by atoms with Gasteiger partial charge in [0.1, 0.15) is 30.0 Å². The van der Waals surface area contributed by atoms with Crippen molar-refractivity contribution in [1.29, 1.82) is 0 Å². The lowest BCUT2D eigenvalue weighted by atomic mass is 10.1. The second kappa shape index (κ2) is 9.98. The molecule has 8 heteroatoms. The van der Waals surface area contributed by atoms with Gasteiger partial charge in [0.2, 0.25) is 5.91 Å². The van der Waals surface area contributed by atoms with Crippen molar-refractivity contribution in [3.05, 3.63) is 83.6 Å². The van der Waals surface area contributed by atoms with Gasteiger partial charge in [0, 0.05) is 30.6 Å². The lowest BCUT2D eigenvalue weighted by molar-refractivity contribution is -0.117. The highest BCUT2D eigenvalue weighted by molar-refractivity contribution is 6.32. The second-order valence-corrected chi connectivity index (χ2v) is 8.98. The standard InChI is InChI=1S/C27H26ClN3O4/c1-34-21-8-6-7-19(14-21)30-15-18(13-26(30)33)27-29-23-10-3-4-11-24(23)31(27)16-20(32)17-35-25-12-5-2-9-22(25)28/h2-12,14,18,20,32H,13,15-17H2,1H3/t18-,20+/m0/s1. The van der Waals surface area contributed by atoms with Gasteiger partial charge < -0.3 is 24.0 Å². The number of fused-ring (bicyclic) bond motifs is 1. The number of anilines is 1. The van der Waals surface area contributed by atoms with Gasteiger partial charge in [0.25, 0.3) is 0 Å². The maximum absolute atomic E-state index is 13.0. The molecule has 4 aromatic rings. The number of halogens is 1. The molecule has 5 rings (SSSR count). The molecule has 3 aromatic carbocycles. The van der Waals surface area contributed by atoms with Crippen LogP contribution in [0.2, 0.25) is 5.02 Å². The van der Waals surface area contributed by atoms with Crippen molar-refractivity contribution in [2.24, 2.45) is 0 Å². The fraction of sp³-hybridized carbons (Fsp3) is 0.259. The number of aliphatic hydroxyl groups excluding tert-OH is 1. The van der Waals surface area contributed by atoms with E-state index in [1.807, 2.05) is 65.2 Å². The van der Waals surface area contributed by atoms with Crippen LogP contribution in [0.3, 0.4) is 0 Å². The van der Waals surface area contributed by atoms with Gasteiger partial charge in [-0.3, -0.25) is 4.79 Å². The number of rotatable bonds is 8. The summed E-state index contributed by atoms with van der Waals surface area (Å²) in [6, 6.07) is 22.5. The van der Waals surface area contributed by atoms with Crippen LogP contribution in [-0.4, -0.2) is 46.9 Å². The van der Waals surface area contributed by atoms with Gasteiger partial charge in [-0.2, -0.15) is 0 Å². The minimum atomic E-state index is -0.797. The summed E-state index contributed by atoms with van der Waals surface area (Å²) in [7, 11) is 1.61. The number of aliphatic hydroxyl groups is 1. The summed E-state index contributed by atoms with van der Waals surface area (Å²) < 4.78 is 13.1. The summed E-state index contributed by atoms with van der Waals surface area (Å²) in [5, 5.41) is 11.3. The first-order valence-corrected chi connectivity index (χ1v) is 11.9. The van der Waals surface area contributed by atoms with Crippen molar-refractivity contribution in [3.63, 3.8) is 0 Å². The first-order valence-electron chi connectivity index (χ1n) is 11.5. The molecule has 1 saturated heterocycles. The van der Waals surface area contributed by atoms with E-state index in [1.54, 1.807) is 24.1 Å². The normalized spacial score (nSPS) is 16.6. The number of hydrogen-bond donors (Lipinski definition) is 1. The van der Waals surface area contributed by atoms with Crippen molar-refractivity contribution in [3.8, 4) is 11.5 Å². The van der Waals surface area contributed by atoms with Crippen molar-refractivity contribution in [1.82, 2.24) is 9.55 Å². The molecule has 0 saturated carbocycles. The molecule has 35 heavy (non-hydrogen) atoms. The molecular weight excluding hydrogens is 466 g/mol. The molecule has 1 N–H and O–H groups in total. The highest BCUT2D eigenvalue weighted by atomic mass is 35.5. The molecule has 0 radical (unpaired) electrons. The van der Waals surface area contributed by atoms with E-state index < -0.39 is 6.10 Å². The zero-order valence-electron chi connectivity index (χ0n) is 19.3. The minimum absolute atomic E-state index is 0.0319. The van der Waals surface area contributed by atoms with Crippen molar-refractivity contribution in [2.75, 3.05) is 25.2 Å². The van der Waals surface area contributed by atoms with Crippen LogP contribution < -0.4 is 14.4 Å². The number of aromatic nitrogens is 2. The molecule has 2 atom stereocenters. The summed E-state index contributed by atoms with van der Waals surface area (Å²) in [5.74, 6) is 1.93. The number of ether oxygens (including phenoxy) is 2. The minimum Gasteiger partial charge on any atom is -0.497 e. The van der Waals surface area contributed by atoms with Crippen LogP contribution in [0.4, 0.5) is 5.69 Å². The van der Waals surface area contributed by atoms with Crippen LogP contribution in [0, 0.1) is 0 Å². The number of benzene rings is 3. The van der Waals surface area contributed by atoms with Gasteiger partial charge in [-0.25, -0.2) is 4.98 Å². The van der Waals surface area contributed by atoms with E-state index in [9.17, 15) is 9.90 Å². The van der Waals surface area contributed by atoms with Crippen molar-refractivity contribution in [2.45, 2.75) is 25.0 Å². The molecule has 1 amide bonds. The number of imidazole rings is 1. The van der Waals surface area contributed by atoms with Crippen LogP contribution in [0.5, 0.6) is 11.5 Å². The number of nitrogens with zero attached hydrogens (tertiary/aromatic N) is 3. The Morgan fingerprint density at radius 3 is 2.74 bits per heavy atom. The number of methoxy groups -OCH3 is 1. The van der Waals surface area contributed by atoms with E-state index >= 15 is 0 Å². The third kappa shape index (κ3) is 4.83. The van der Waals surface area contributed by atoms with Gasteiger partial charge in [0.05, 0.1) is 29.7 Å². The highest BCUT2D eigenvalue weighted by Crippen LogP contribution is 2.34. The van der Waals surface area contributed by atoms with E-state index in [0.29, 0.717) is 29.5 Å². The molecule has 0 aliphatic carbocycles. The Kier molecular flexibility index (Phi) is 6.61. The highest BCUT2D eigenvalue weighted by Gasteiger charge is 2.35. The molecule has 1 aromatic heterocycles. The molecular formula is C27H26ClN3O4. The smallest absolute Gasteiger partial charge is 0.227 e. The topological polar surface area (TPSA) is 76.8 Å². The van der Waals surface area contributed by atoms with Gasteiger partial charge >= 0.3 is 0 Å². The van der Waals surface area contributed by atoms with Gasteiger partial charge in [0.15, 0.2) is 0 Å². The van der Waals surface area contributed by atoms with Gasteiger partial charge in [-0.15, -0.1) is 0 Å². The van der Waals surface area contributed by atoms with Crippen LogP contribution >= 0.6 is 11.6 Å². The number of carbonyl (C=O) groups excluding carboxylic acids is 1. The number of hydrogen-bond acceptors (Lipinski definition) is 5. The fourth-order valence-corrected chi connectivity index (χ4v) is 4.71. The molecule has 7 nitrogen and oxygen atoms in total. The Morgan fingerprint density at radius 2 is 1.91 bits per heavy atom. The summed E-state index contributed by atoms with van der Waals surface area (Å²) in [6.07, 6.45) is -0.457. The third-order valence-corrected chi connectivity index (χ3v) is 6.51. The van der Waals surface area contributed by atoms with E-state index in [0.717, 1.165) is 22.5 Å². The predicted molar refractivity (Wildman–Crippen MR) is 135 cm³/mol. The van der Waals surface area contributed by atoms with Crippen molar-refractivity contribution >= 4 is 34.2 Å². The Morgan fingerprint density at radius 1 is 1.11 bits per heavy atom. The Hall–Kier alpha value is -3.55. The third-order valence-electron chi connectivity index (χ3n) is 6.20. The Balaban J connectivity index is 1.39. The van der Waals surface area contributed by atoms with Crippen LogP contribution in [0.1, 0.15) is 18.2 Å². The van der Waals surface area contributed by atoms with E-state index in [2.05, 4.69) is 0 Å². The first kappa shape index (κ1) is 23.2. The fourth-order valence-electron chi connectivity index (χ4n) is 4.52. The van der Waals surface area contributed by atoms with E-state index in [1.165, 1.54) is 0 Å². The van der Waals surface area contributed by atoms with Crippen LogP contribution in [0.25, 0.3) is 11.0 Å². The molecule has 180 valence electrons. The molecule has 2 heterocycles. The van der Waals surface area contributed by atoms with Crippen LogP contribution in [0.15, 0.2) is 72.8 Å². The molecule has 1 aliphatic rings. The quantitative estimate of drug-likeness (QED) is 0.388. The molecule has 0 bridgehead atoms. The maximum Gasteiger partial charge on any atom is 0.227 e. The lowest BCUT2D eigenvalue weighted by Gasteiger charge is -2.19. The lowest BCUT2D eigenvalue weighted by Crippen LogP contribution is -2.26. The second-order valence-electron chi connectivity index (χ2n) is 8.57.